The number of hydrogen-bond acceptors (Lipinski definition) is 1. The highest BCUT2D eigenvalue weighted by Crippen LogP contribution is 2.35. The van der Waals surface area contributed by atoms with Crippen LogP contribution in [-0.2, 0) is 4.79 Å². The monoisotopic (exact) mass is 217 g/mol. The molecular formula is C14H19NO. The van der Waals surface area contributed by atoms with Gasteiger partial charge in [0.15, 0.2) is 0 Å². The van der Waals surface area contributed by atoms with Crippen LogP contribution in [0.15, 0.2) is 30.3 Å². The van der Waals surface area contributed by atoms with Crippen molar-refractivity contribution in [2.24, 2.45) is 0 Å². The Labute approximate surface area is 97.3 Å². The van der Waals surface area contributed by atoms with Crippen molar-refractivity contribution in [1.29, 1.82) is 0 Å². The molecule has 2 rings (SSSR count). The third-order valence-electron chi connectivity index (χ3n) is 3.49. The normalized spacial score (nSPS) is 25.5. The Bertz CT molecular complexity index is 372. The molecule has 1 heterocycles. The Kier molecular flexibility index (Phi) is 2.99. The number of hydrogen-bond donors (Lipinski definition) is 0. The molecule has 1 aliphatic heterocycles. The molecule has 16 heavy (non-hydrogen) atoms. The quantitative estimate of drug-likeness (QED) is 0.746. The standard InChI is InChI=1S/C14H19NO/c1-10(2)15-11(3)13(9-14(15)16)12-7-5-4-6-8-12/h4-8,10-11,13H,9H2,1-3H3. The SMILES string of the molecule is CC(C)N1C(=O)CC(c2ccccc2)C1C. The predicted octanol–water partition coefficient (Wildman–Crippen LogP) is 2.80. The van der Waals surface area contributed by atoms with E-state index >= 15 is 0 Å². The van der Waals surface area contributed by atoms with Gasteiger partial charge in [-0.3, -0.25) is 4.79 Å². The Morgan fingerprint density at radius 1 is 1.25 bits per heavy atom. The number of carbonyl (C=O) groups is 1. The highest BCUT2D eigenvalue weighted by Gasteiger charge is 2.38. The number of rotatable bonds is 2. The molecule has 86 valence electrons. The summed E-state index contributed by atoms with van der Waals surface area (Å²) in [6.45, 7) is 6.33. The molecule has 0 aliphatic carbocycles. The molecule has 2 atom stereocenters. The lowest BCUT2D eigenvalue weighted by Gasteiger charge is -2.28. The minimum atomic E-state index is 0.288. The number of carbonyl (C=O) groups excluding carboxylic acids is 1. The van der Waals surface area contributed by atoms with Gasteiger partial charge in [0.1, 0.15) is 0 Å². The van der Waals surface area contributed by atoms with E-state index in [9.17, 15) is 4.79 Å². The van der Waals surface area contributed by atoms with E-state index in [1.54, 1.807) is 0 Å². The van der Waals surface area contributed by atoms with Gasteiger partial charge in [0.05, 0.1) is 0 Å². The summed E-state index contributed by atoms with van der Waals surface area (Å²) in [6.07, 6.45) is 0.656. The predicted molar refractivity (Wildman–Crippen MR) is 65.2 cm³/mol. The topological polar surface area (TPSA) is 20.3 Å². The first-order valence-corrected chi connectivity index (χ1v) is 5.97. The van der Waals surface area contributed by atoms with Gasteiger partial charge in [-0.2, -0.15) is 0 Å². The Morgan fingerprint density at radius 3 is 2.38 bits per heavy atom. The zero-order chi connectivity index (χ0) is 11.7. The number of nitrogens with zero attached hydrogens (tertiary/aromatic N) is 1. The van der Waals surface area contributed by atoms with Crippen molar-refractivity contribution < 1.29 is 4.79 Å². The summed E-state index contributed by atoms with van der Waals surface area (Å²) in [5.74, 6) is 0.646. The fraction of sp³-hybridized carbons (Fsp3) is 0.500. The van der Waals surface area contributed by atoms with Crippen molar-refractivity contribution in [1.82, 2.24) is 4.90 Å². The highest BCUT2D eigenvalue weighted by atomic mass is 16.2. The van der Waals surface area contributed by atoms with Crippen LogP contribution in [0.25, 0.3) is 0 Å². The first-order valence-electron chi connectivity index (χ1n) is 5.97. The van der Waals surface area contributed by atoms with Gasteiger partial charge < -0.3 is 4.90 Å². The molecule has 1 aromatic carbocycles. The van der Waals surface area contributed by atoms with Gasteiger partial charge >= 0.3 is 0 Å². The van der Waals surface area contributed by atoms with Gasteiger partial charge in [0.2, 0.25) is 5.91 Å². The summed E-state index contributed by atoms with van der Waals surface area (Å²) < 4.78 is 0. The van der Waals surface area contributed by atoms with Crippen LogP contribution in [0, 0.1) is 0 Å². The first-order chi connectivity index (χ1) is 7.61. The summed E-state index contributed by atoms with van der Waals surface area (Å²) in [7, 11) is 0. The minimum absolute atomic E-state index is 0.288. The lowest BCUT2D eigenvalue weighted by atomic mass is 9.92. The van der Waals surface area contributed by atoms with Gasteiger partial charge in [0.25, 0.3) is 0 Å². The zero-order valence-corrected chi connectivity index (χ0v) is 10.2. The zero-order valence-electron chi connectivity index (χ0n) is 10.2. The third kappa shape index (κ3) is 1.84. The summed E-state index contributed by atoms with van der Waals surface area (Å²) in [5, 5.41) is 0. The second-order valence-electron chi connectivity index (χ2n) is 4.86. The molecule has 1 aliphatic rings. The van der Waals surface area contributed by atoms with Crippen LogP contribution in [0.1, 0.15) is 38.7 Å². The van der Waals surface area contributed by atoms with Crippen LogP contribution >= 0.6 is 0 Å². The summed E-state index contributed by atoms with van der Waals surface area (Å²) in [5.41, 5.74) is 1.28. The fourth-order valence-corrected chi connectivity index (χ4v) is 2.74. The van der Waals surface area contributed by atoms with Crippen molar-refractivity contribution in [3.8, 4) is 0 Å². The van der Waals surface area contributed by atoms with Gasteiger partial charge in [-0.05, 0) is 26.3 Å². The fourth-order valence-electron chi connectivity index (χ4n) is 2.74. The molecule has 0 saturated carbocycles. The smallest absolute Gasteiger partial charge is 0.223 e. The van der Waals surface area contributed by atoms with E-state index in [0.717, 1.165) is 0 Å². The van der Waals surface area contributed by atoms with Crippen LogP contribution in [-0.4, -0.2) is 22.9 Å². The van der Waals surface area contributed by atoms with Crippen LogP contribution in [0.4, 0.5) is 0 Å². The number of likely N-dealkylation sites (tertiary alicyclic amines) is 1. The van der Waals surface area contributed by atoms with E-state index in [1.165, 1.54) is 5.56 Å². The van der Waals surface area contributed by atoms with Crippen LogP contribution in [0.5, 0.6) is 0 Å². The molecule has 2 nitrogen and oxygen atoms in total. The van der Waals surface area contributed by atoms with Crippen molar-refractivity contribution in [3.63, 3.8) is 0 Å². The van der Waals surface area contributed by atoms with Crippen molar-refractivity contribution in [2.75, 3.05) is 0 Å². The van der Waals surface area contributed by atoms with Crippen molar-refractivity contribution >= 4 is 5.91 Å². The summed E-state index contributed by atoms with van der Waals surface area (Å²) >= 11 is 0. The lowest BCUT2D eigenvalue weighted by molar-refractivity contribution is -0.130. The van der Waals surface area contributed by atoms with Crippen LogP contribution in [0.3, 0.4) is 0 Å². The number of amides is 1. The van der Waals surface area contributed by atoms with Crippen LogP contribution < -0.4 is 0 Å². The van der Waals surface area contributed by atoms with Crippen molar-refractivity contribution in [2.45, 2.75) is 45.2 Å². The highest BCUT2D eigenvalue weighted by molar-refractivity contribution is 5.80. The molecule has 1 saturated heterocycles. The Hall–Kier alpha value is -1.31. The van der Waals surface area contributed by atoms with Gasteiger partial charge in [-0.15, -0.1) is 0 Å². The molecule has 2 heteroatoms. The maximum atomic E-state index is 11.9. The Morgan fingerprint density at radius 2 is 1.88 bits per heavy atom. The molecule has 1 aromatic rings. The second-order valence-corrected chi connectivity index (χ2v) is 4.86. The number of benzene rings is 1. The maximum absolute atomic E-state index is 11.9. The average Bonchev–Trinajstić information content (AvgIpc) is 2.55. The molecule has 0 spiro atoms. The second kappa shape index (κ2) is 4.28. The lowest BCUT2D eigenvalue weighted by Crippen LogP contribution is -2.38. The van der Waals surface area contributed by atoms with E-state index in [1.807, 2.05) is 23.1 Å². The molecule has 0 radical (unpaired) electrons. The summed E-state index contributed by atoms with van der Waals surface area (Å²) in [6, 6.07) is 11.0. The van der Waals surface area contributed by atoms with Crippen molar-refractivity contribution in [3.05, 3.63) is 35.9 Å². The molecule has 0 aromatic heterocycles. The van der Waals surface area contributed by atoms with Gasteiger partial charge in [-0.1, -0.05) is 30.3 Å². The van der Waals surface area contributed by atoms with Gasteiger partial charge in [-0.25, -0.2) is 0 Å². The molecule has 1 amide bonds. The van der Waals surface area contributed by atoms with E-state index < -0.39 is 0 Å². The van der Waals surface area contributed by atoms with E-state index in [2.05, 4.69) is 32.9 Å². The molecule has 1 fully saturated rings. The molecular weight excluding hydrogens is 198 g/mol. The Balaban J connectivity index is 2.24. The maximum Gasteiger partial charge on any atom is 0.223 e. The molecule has 2 unspecified atom stereocenters. The average molecular weight is 217 g/mol. The van der Waals surface area contributed by atoms with Gasteiger partial charge in [0, 0.05) is 24.4 Å². The van der Waals surface area contributed by atoms with E-state index in [-0.39, 0.29) is 5.91 Å². The largest absolute Gasteiger partial charge is 0.337 e. The van der Waals surface area contributed by atoms with E-state index in [4.69, 9.17) is 0 Å². The molecule has 0 bridgehead atoms. The van der Waals surface area contributed by atoms with E-state index in [0.29, 0.717) is 24.4 Å². The minimum Gasteiger partial charge on any atom is -0.337 e. The van der Waals surface area contributed by atoms with Crippen LogP contribution in [0.2, 0.25) is 0 Å². The third-order valence-corrected chi connectivity index (χ3v) is 3.49. The summed E-state index contributed by atoms with van der Waals surface area (Å²) in [4.78, 5) is 13.9. The first kappa shape index (κ1) is 11.2. The molecule has 0 N–H and O–H groups in total.